The fraction of sp³-hybridized carbons (Fsp3) is 0.136. The number of hydrogen-bond acceptors (Lipinski definition) is 8. The van der Waals surface area contributed by atoms with Crippen LogP contribution in [0.3, 0.4) is 0 Å². The standard InChI is InChI=1S/C22H19N5O5S/c1-32-18-7-5-15(6-8-18)12-26-13-19(20-9-10-23-21(24-20)14-33(30)31)22(25-26)16-3-2-4-17(11-16)27(28)29/h2-11,13H,12,14H2,1H3,(H,30,31)/p-1. The number of nitro benzene ring substituents is 1. The highest BCUT2D eigenvalue weighted by molar-refractivity contribution is 7.78. The van der Waals surface area contributed by atoms with Crippen LogP contribution in [0.1, 0.15) is 11.4 Å². The molecule has 4 aromatic rings. The van der Waals surface area contributed by atoms with Gasteiger partial charge in [0, 0.05) is 35.7 Å². The third-order valence-electron chi connectivity index (χ3n) is 4.82. The maximum absolute atomic E-state index is 11.3. The predicted molar refractivity (Wildman–Crippen MR) is 120 cm³/mol. The molecule has 0 spiro atoms. The molecule has 4 rings (SSSR count). The van der Waals surface area contributed by atoms with E-state index in [4.69, 9.17) is 4.74 Å². The molecule has 33 heavy (non-hydrogen) atoms. The molecule has 11 heteroatoms. The second-order valence-corrected chi connectivity index (χ2v) is 7.95. The van der Waals surface area contributed by atoms with Gasteiger partial charge in [0.1, 0.15) is 17.3 Å². The molecule has 0 aliphatic rings. The van der Waals surface area contributed by atoms with Crippen molar-refractivity contribution in [2.75, 3.05) is 7.11 Å². The summed E-state index contributed by atoms with van der Waals surface area (Å²) in [5.74, 6) is 0.565. The largest absolute Gasteiger partial charge is 0.772 e. The molecule has 0 N–H and O–H groups in total. The quantitative estimate of drug-likeness (QED) is 0.220. The van der Waals surface area contributed by atoms with Gasteiger partial charge in [-0.25, -0.2) is 9.97 Å². The average molecular weight is 464 g/mol. The Morgan fingerprint density at radius 2 is 1.94 bits per heavy atom. The van der Waals surface area contributed by atoms with E-state index in [0.717, 1.165) is 11.3 Å². The summed E-state index contributed by atoms with van der Waals surface area (Å²) in [5.41, 5.74) is 3.01. The Balaban J connectivity index is 1.79. The van der Waals surface area contributed by atoms with Crippen LogP contribution < -0.4 is 4.74 Å². The van der Waals surface area contributed by atoms with Crippen LogP contribution in [0.5, 0.6) is 5.75 Å². The normalized spacial score (nSPS) is 11.8. The fourth-order valence-corrected chi connectivity index (χ4v) is 3.66. The van der Waals surface area contributed by atoms with Gasteiger partial charge in [-0.1, -0.05) is 24.3 Å². The van der Waals surface area contributed by atoms with Crippen LogP contribution in [0.15, 0.2) is 67.0 Å². The number of methoxy groups -OCH3 is 1. The van der Waals surface area contributed by atoms with Gasteiger partial charge in [-0.15, -0.1) is 0 Å². The maximum atomic E-state index is 11.3. The number of ether oxygens (including phenoxy) is 1. The Morgan fingerprint density at radius 3 is 2.64 bits per heavy atom. The number of hydrogen-bond donors (Lipinski definition) is 0. The van der Waals surface area contributed by atoms with Gasteiger partial charge in [0.05, 0.1) is 30.0 Å². The molecule has 0 saturated heterocycles. The van der Waals surface area contributed by atoms with E-state index < -0.39 is 16.0 Å². The first-order valence-corrected chi connectivity index (χ1v) is 11.0. The van der Waals surface area contributed by atoms with E-state index in [1.807, 2.05) is 24.3 Å². The second kappa shape index (κ2) is 9.67. The first-order chi connectivity index (χ1) is 15.9. The van der Waals surface area contributed by atoms with Gasteiger partial charge < -0.3 is 9.29 Å². The molecular formula is C22H18N5O5S-. The first kappa shape index (κ1) is 22.2. The fourth-order valence-electron chi connectivity index (χ4n) is 3.31. The summed E-state index contributed by atoms with van der Waals surface area (Å²) >= 11 is -2.34. The minimum atomic E-state index is -2.34. The zero-order valence-corrected chi connectivity index (χ0v) is 18.3. The lowest BCUT2D eigenvalue weighted by Crippen LogP contribution is -2.01. The topological polar surface area (TPSA) is 136 Å². The Hall–Kier alpha value is -3.96. The molecule has 0 bridgehead atoms. The van der Waals surface area contributed by atoms with Crippen molar-refractivity contribution < 1.29 is 18.4 Å². The molecule has 0 amide bonds. The number of nitro groups is 1. The zero-order valence-electron chi connectivity index (χ0n) is 17.5. The summed E-state index contributed by atoms with van der Waals surface area (Å²) in [7, 11) is 1.60. The van der Waals surface area contributed by atoms with Crippen molar-refractivity contribution >= 4 is 16.8 Å². The van der Waals surface area contributed by atoms with Crippen LogP contribution in [0.4, 0.5) is 5.69 Å². The Labute approximate surface area is 191 Å². The molecule has 10 nitrogen and oxygen atoms in total. The van der Waals surface area contributed by atoms with Gasteiger partial charge in [0.15, 0.2) is 0 Å². The smallest absolute Gasteiger partial charge is 0.270 e. The van der Waals surface area contributed by atoms with E-state index in [1.54, 1.807) is 36.2 Å². The lowest BCUT2D eigenvalue weighted by atomic mass is 10.1. The first-order valence-electron chi connectivity index (χ1n) is 9.76. The number of rotatable bonds is 8. The number of benzene rings is 2. The van der Waals surface area contributed by atoms with Crippen molar-refractivity contribution in [2.24, 2.45) is 0 Å². The summed E-state index contributed by atoms with van der Waals surface area (Å²) < 4.78 is 29.1. The SMILES string of the molecule is COc1ccc(Cn2cc(-c3ccnc(CS(=O)[O-])n3)c(-c3cccc([N+](=O)[O-])c3)n2)cc1. The highest BCUT2D eigenvalue weighted by Crippen LogP contribution is 2.32. The van der Waals surface area contributed by atoms with Crippen molar-refractivity contribution in [2.45, 2.75) is 12.3 Å². The maximum Gasteiger partial charge on any atom is 0.270 e. The number of nitrogens with zero attached hydrogens (tertiary/aromatic N) is 5. The predicted octanol–water partition coefficient (Wildman–Crippen LogP) is 3.35. The lowest BCUT2D eigenvalue weighted by molar-refractivity contribution is -0.384. The lowest BCUT2D eigenvalue weighted by Gasteiger charge is -2.06. The molecule has 0 radical (unpaired) electrons. The van der Waals surface area contributed by atoms with Crippen LogP contribution in [0.2, 0.25) is 0 Å². The summed E-state index contributed by atoms with van der Waals surface area (Å²) in [6.45, 7) is 0.439. The van der Waals surface area contributed by atoms with Crippen molar-refractivity contribution in [3.05, 3.63) is 88.5 Å². The molecule has 2 aromatic heterocycles. The zero-order chi connectivity index (χ0) is 23.4. The van der Waals surface area contributed by atoms with Gasteiger partial charge in [0.25, 0.3) is 5.69 Å². The van der Waals surface area contributed by atoms with E-state index >= 15 is 0 Å². The van der Waals surface area contributed by atoms with E-state index in [1.165, 1.54) is 18.3 Å². The number of non-ortho nitro benzene ring substituents is 1. The van der Waals surface area contributed by atoms with E-state index in [9.17, 15) is 18.9 Å². The van der Waals surface area contributed by atoms with Gasteiger partial charge in [-0.2, -0.15) is 5.10 Å². The summed E-state index contributed by atoms with van der Waals surface area (Å²) in [6, 6.07) is 15.3. The van der Waals surface area contributed by atoms with Crippen molar-refractivity contribution in [1.29, 1.82) is 0 Å². The van der Waals surface area contributed by atoms with Gasteiger partial charge in [-0.3, -0.25) is 19.0 Å². The Kier molecular flexibility index (Phi) is 6.52. The van der Waals surface area contributed by atoms with Crippen LogP contribution in [0, 0.1) is 10.1 Å². The molecule has 0 saturated carbocycles. The monoisotopic (exact) mass is 464 g/mol. The molecule has 0 aliphatic carbocycles. The Bertz CT molecular complexity index is 1320. The molecule has 2 aromatic carbocycles. The molecule has 1 unspecified atom stereocenters. The van der Waals surface area contributed by atoms with Crippen LogP contribution in [-0.4, -0.2) is 40.5 Å². The molecule has 1 atom stereocenters. The third-order valence-corrected chi connectivity index (χ3v) is 5.32. The third kappa shape index (κ3) is 5.27. The van der Waals surface area contributed by atoms with Crippen molar-refractivity contribution in [3.8, 4) is 28.3 Å². The number of aromatic nitrogens is 4. The van der Waals surface area contributed by atoms with E-state index in [-0.39, 0.29) is 17.3 Å². The second-order valence-electron chi connectivity index (χ2n) is 7.05. The van der Waals surface area contributed by atoms with Crippen LogP contribution in [0.25, 0.3) is 22.5 Å². The van der Waals surface area contributed by atoms with Crippen LogP contribution >= 0.6 is 0 Å². The summed E-state index contributed by atoms with van der Waals surface area (Å²) in [5, 5.41) is 15.9. The minimum absolute atomic E-state index is 0.0618. The molecule has 0 fully saturated rings. The highest BCUT2D eigenvalue weighted by atomic mass is 32.2. The van der Waals surface area contributed by atoms with Gasteiger partial charge in [-0.05, 0) is 34.8 Å². The average Bonchev–Trinajstić information content (AvgIpc) is 3.23. The van der Waals surface area contributed by atoms with Crippen molar-refractivity contribution in [3.63, 3.8) is 0 Å². The molecule has 168 valence electrons. The van der Waals surface area contributed by atoms with Gasteiger partial charge in [0.2, 0.25) is 0 Å². The Morgan fingerprint density at radius 1 is 1.15 bits per heavy atom. The van der Waals surface area contributed by atoms with E-state index in [0.29, 0.717) is 29.1 Å². The molecule has 0 aliphatic heterocycles. The molecular weight excluding hydrogens is 446 g/mol. The van der Waals surface area contributed by atoms with E-state index in [2.05, 4.69) is 15.1 Å². The summed E-state index contributed by atoms with van der Waals surface area (Å²) in [6.07, 6.45) is 3.25. The van der Waals surface area contributed by atoms with Crippen molar-refractivity contribution in [1.82, 2.24) is 19.7 Å². The molecule has 2 heterocycles. The van der Waals surface area contributed by atoms with Crippen LogP contribution in [-0.2, 0) is 23.4 Å². The minimum Gasteiger partial charge on any atom is -0.772 e. The summed E-state index contributed by atoms with van der Waals surface area (Å²) in [4.78, 5) is 19.2. The highest BCUT2D eigenvalue weighted by Gasteiger charge is 2.17. The van der Waals surface area contributed by atoms with Gasteiger partial charge >= 0.3 is 0 Å².